The van der Waals surface area contributed by atoms with E-state index in [1.54, 1.807) is 12.1 Å². The zero-order chi connectivity index (χ0) is 15.9. The van der Waals surface area contributed by atoms with Crippen molar-refractivity contribution < 1.29 is 18.7 Å². The topological polar surface area (TPSA) is 72.2 Å². The van der Waals surface area contributed by atoms with Crippen LogP contribution in [0.2, 0.25) is 0 Å². The summed E-state index contributed by atoms with van der Waals surface area (Å²) in [6.07, 6.45) is 2.29. The van der Waals surface area contributed by atoms with E-state index >= 15 is 0 Å². The van der Waals surface area contributed by atoms with Crippen LogP contribution in [0.1, 0.15) is 29.4 Å². The molecular weight excluding hydrogens is 287 g/mol. The van der Waals surface area contributed by atoms with Crippen molar-refractivity contribution in [3.05, 3.63) is 53.6 Å². The molecule has 0 atom stereocenters. The summed E-state index contributed by atoms with van der Waals surface area (Å²) in [6, 6.07) is 8.33. The Bertz CT molecular complexity index is 708. The third-order valence-electron chi connectivity index (χ3n) is 2.69. The highest BCUT2D eigenvalue weighted by Crippen LogP contribution is 2.17. The molecule has 5 nitrogen and oxygen atoms in total. The number of halogens is 1. The SMILES string of the molecule is CCCOc1ccc(C(=O)Oc2ccc(C#N)c(F)c2)nc1. The van der Waals surface area contributed by atoms with Gasteiger partial charge in [-0.2, -0.15) is 5.26 Å². The molecule has 0 aliphatic rings. The van der Waals surface area contributed by atoms with Crippen LogP contribution < -0.4 is 9.47 Å². The maximum atomic E-state index is 13.4. The van der Waals surface area contributed by atoms with E-state index in [4.69, 9.17) is 14.7 Å². The van der Waals surface area contributed by atoms with E-state index in [0.29, 0.717) is 12.4 Å². The average Bonchev–Trinajstić information content (AvgIpc) is 2.53. The van der Waals surface area contributed by atoms with Gasteiger partial charge in [0.1, 0.15) is 29.1 Å². The van der Waals surface area contributed by atoms with Gasteiger partial charge in [0.25, 0.3) is 0 Å². The van der Waals surface area contributed by atoms with Gasteiger partial charge in [-0.15, -0.1) is 0 Å². The van der Waals surface area contributed by atoms with Crippen LogP contribution in [-0.2, 0) is 0 Å². The third-order valence-corrected chi connectivity index (χ3v) is 2.69. The van der Waals surface area contributed by atoms with Gasteiger partial charge in [-0.1, -0.05) is 6.92 Å². The molecule has 0 fully saturated rings. The summed E-state index contributed by atoms with van der Waals surface area (Å²) < 4.78 is 23.8. The zero-order valence-electron chi connectivity index (χ0n) is 11.9. The lowest BCUT2D eigenvalue weighted by Crippen LogP contribution is -2.10. The highest BCUT2D eigenvalue weighted by molar-refractivity contribution is 5.89. The number of ether oxygens (including phenoxy) is 2. The van der Waals surface area contributed by atoms with Crippen LogP contribution >= 0.6 is 0 Å². The van der Waals surface area contributed by atoms with Crippen molar-refractivity contribution >= 4 is 5.97 Å². The van der Waals surface area contributed by atoms with Gasteiger partial charge in [0, 0.05) is 6.07 Å². The Morgan fingerprint density at radius 3 is 2.68 bits per heavy atom. The Labute approximate surface area is 126 Å². The molecule has 0 saturated heterocycles. The zero-order valence-corrected chi connectivity index (χ0v) is 11.9. The van der Waals surface area contributed by atoms with Crippen LogP contribution in [0.4, 0.5) is 4.39 Å². The molecule has 0 radical (unpaired) electrons. The molecule has 0 spiro atoms. The van der Waals surface area contributed by atoms with Gasteiger partial charge < -0.3 is 9.47 Å². The number of carbonyl (C=O) groups is 1. The second kappa shape index (κ2) is 7.18. The van der Waals surface area contributed by atoms with E-state index in [0.717, 1.165) is 12.5 Å². The molecule has 0 aliphatic carbocycles. The highest BCUT2D eigenvalue weighted by atomic mass is 19.1. The van der Waals surface area contributed by atoms with Crippen LogP contribution in [0.15, 0.2) is 36.5 Å². The fourth-order valence-corrected chi connectivity index (χ4v) is 1.62. The van der Waals surface area contributed by atoms with Crippen LogP contribution in [0.3, 0.4) is 0 Å². The number of rotatable bonds is 5. The Morgan fingerprint density at radius 2 is 2.09 bits per heavy atom. The van der Waals surface area contributed by atoms with Gasteiger partial charge in [0.05, 0.1) is 18.4 Å². The fourth-order valence-electron chi connectivity index (χ4n) is 1.62. The number of nitriles is 1. The maximum Gasteiger partial charge on any atom is 0.362 e. The van der Waals surface area contributed by atoms with E-state index in [9.17, 15) is 9.18 Å². The number of esters is 1. The van der Waals surface area contributed by atoms with Crippen molar-refractivity contribution in [3.63, 3.8) is 0 Å². The van der Waals surface area contributed by atoms with Gasteiger partial charge >= 0.3 is 5.97 Å². The van der Waals surface area contributed by atoms with Crippen molar-refractivity contribution in [1.29, 1.82) is 5.26 Å². The Balaban J connectivity index is 2.06. The van der Waals surface area contributed by atoms with Crippen molar-refractivity contribution in [1.82, 2.24) is 4.98 Å². The first-order valence-electron chi connectivity index (χ1n) is 6.64. The quantitative estimate of drug-likeness (QED) is 0.626. The Hall–Kier alpha value is -2.94. The lowest BCUT2D eigenvalue weighted by molar-refractivity contribution is 0.0728. The molecule has 6 heteroatoms. The summed E-state index contributed by atoms with van der Waals surface area (Å²) >= 11 is 0. The second-order valence-electron chi connectivity index (χ2n) is 4.37. The predicted octanol–water partition coefficient (Wildman–Crippen LogP) is 3.10. The summed E-state index contributed by atoms with van der Waals surface area (Å²) in [5.74, 6) is -0.896. The Morgan fingerprint density at radius 1 is 1.32 bits per heavy atom. The second-order valence-corrected chi connectivity index (χ2v) is 4.37. The van der Waals surface area contributed by atoms with Gasteiger partial charge in [-0.25, -0.2) is 14.2 Å². The average molecular weight is 300 g/mol. The number of benzene rings is 1. The van der Waals surface area contributed by atoms with Crippen LogP contribution in [0.5, 0.6) is 11.5 Å². The minimum Gasteiger partial charge on any atom is -0.492 e. The Kier molecular flexibility index (Phi) is 5.04. The summed E-state index contributed by atoms with van der Waals surface area (Å²) in [7, 11) is 0. The largest absolute Gasteiger partial charge is 0.492 e. The van der Waals surface area contributed by atoms with Gasteiger partial charge in [0.15, 0.2) is 0 Å². The van der Waals surface area contributed by atoms with Crippen LogP contribution in [0, 0.1) is 17.1 Å². The molecule has 2 aromatic rings. The van der Waals surface area contributed by atoms with Crippen molar-refractivity contribution in [2.45, 2.75) is 13.3 Å². The molecule has 0 amide bonds. The number of hydrogen-bond donors (Lipinski definition) is 0. The molecule has 112 valence electrons. The lowest BCUT2D eigenvalue weighted by atomic mass is 10.2. The smallest absolute Gasteiger partial charge is 0.362 e. The summed E-state index contributed by atoms with van der Waals surface area (Å²) in [5.41, 5.74) is -0.0380. The molecule has 0 N–H and O–H groups in total. The van der Waals surface area contributed by atoms with Crippen molar-refractivity contribution in [2.75, 3.05) is 6.61 Å². The predicted molar refractivity (Wildman–Crippen MR) is 76.1 cm³/mol. The molecule has 2 rings (SSSR count). The molecule has 1 aromatic heterocycles. The molecule has 1 heterocycles. The maximum absolute atomic E-state index is 13.4. The lowest BCUT2D eigenvalue weighted by Gasteiger charge is -2.06. The fraction of sp³-hybridized carbons (Fsp3) is 0.188. The molecule has 1 aromatic carbocycles. The number of aromatic nitrogens is 1. The van der Waals surface area contributed by atoms with Crippen molar-refractivity contribution in [2.24, 2.45) is 0 Å². The van der Waals surface area contributed by atoms with E-state index in [1.165, 1.54) is 24.4 Å². The van der Waals surface area contributed by atoms with Gasteiger partial charge in [-0.05, 0) is 30.7 Å². The number of pyridine rings is 1. The van der Waals surface area contributed by atoms with Gasteiger partial charge in [-0.3, -0.25) is 0 Å². The third kappa shape index (κ3) is 3.79. The molecule has 0 bridgehead atoms. The highest BCUT2D eigenvalue weighted by Gasteiger charge is 2.12. The molecule has 0 aliphatic heterocycles. The monoisotopic (exact) mass is 300 g/mol. The molecule has 22 heavy (non-hydrogen) atoms. The van der Waals surface area contributed by atoms with E-state index in [-0.39, 0.29) is 17.0 Å². The summed E-state index contributed by atoms with van der Waals surface area (Å²) in [4.78, 5) is 15.8. The van der Waals surface area contributed by atoms with Crippen molar-refractivity contribution in [3.8, 4) is 17.6 Å². The first kappa shape index (κ1) is 15.4. The molecular formula is C16H13FN2O3. The normalized spacial score (nSPS) is 9.86. The van der Waals surface area contributed by atoms with Crippen LogP contribution in [-0.4, -0.2) is 17.6 Å². The van der Waals surface area contributed by atoms with E-state index < -0.39 is 11.8 Å². The molecule has 0 saturated carbocycles. The van der Waals surface area contributed by atoms with E-state index in [2.05, 4.69) is 4.98 Å². The number of hydrogen-bond acceptors (Lipinski definition) is 5. The number of carbonyl (C=O) groups excluding carboxylic acids is 1. The van der Waals surface area contributed by atoms with E-state index in [1.807, 2.05) is 6.92 Å². The minimum absolute atomic E-state index is 0.00890. The first-order valence-corrected chi connectivity index (χ1v) is 6.64. The standard InChI is InChI=1S/C16H13FN2O3/c1-2-7-21-13-5-6-15(19-10-13)16(20)22-12-4-3-11(9-18)14(17)8-12/h3-6,8,10H,2,7H2,1H3. The summed E-state index contributed by atoms with van der Waals surface area (Å²) in [6.45, 7) is 2.55. The number of nitrogens with zero attached hydrogens (tertiary/aromatic N) is 2. The van der Waals surface area contributed by atoms with Crippen LogP contribution in [0.25, 0.3) is 0 Å². The minimum atomic E-state index is -0.746. The summed E-state index contributed by atoms with van der Waals surface area (Å²) in [5, 5.41) is 8.64. The first-order chi connectivity index (χ1) is 10.6. The van der Waals surface area contributed by atoms with Gasteiger partial charge in [0.2, 0.25) is 0 Å². The molecule has 0 unspecified atom stereocenters.